The molecule has 1 aliphatic carbocycles. The number of fused-ring (bicyclic) bond motifs is 3. The van der Waals surface area contributed by atoms with Crippen molar-refractivity contribution in [3.8, 4) is 0 Å². The Labute approximate surface area is 154 Å². The summed E-state index contributed by atoms with van der Waals surface area (Å²) in [6, 6.07) is 5.71. The monoisotopic (exact) mass is 368 g/mol. The Kier molecular flexibility index (Phi) is 4.34. The van der Waals surface area contributed by atoms with Crippen molar-refractivity contribution < 1.29 is 4.42 Å². The van der Waals surface area contributed by atoms with Crippen molar-refractivity contribution in [2.24, 2.45) is 4.99 Å². The molecule has 3 aromatic rings. The number of benzene rings is 1. The van der Waals surface area contributed by atoms with E-state index < -0.39 is 0 Å². The van der Waals surface area contributed by atoms with E-state index in [9.17, 15) is 4.79 Å². The highest BCUT2D eigenvalue weighted by Crippen LogP contribution is 2.35. The fourth-order valence-electron chi connectivity index (χ4n) is 2.73. The van der Waals surface area contributed by atoms with Crippen molar-refractivity contribution in [1.82, 2.24) is 9.55 Å². The van der Waals surface area contributed by atoms with Gasteiger partial charge in [-0.3, -0.25) is 9.56 Å². The number of anilines is 1. The molecule has 2 heterocycles. The number of aliphatic imine (C=N–C) groups is 1. The van der Waals surface area contributed by atoms with Crippen LogP contribution in [0.4, 0.5) is 5.82 Å². The van der Waals surface area contributed by atoms with E-state index in [4.69, 9.17) is 16.0 Å². The molecule has 132 valence electrons. The van der Waals surface area contributed by atoms with Gasteiger partial charge in [0.15, 0.2) is 11.4 Å². The largest absolute Gasteiger partial charge is 0.450 e. The first-order valence-corrected chi connectivity index (χ1v) is 8.77. The van der Waals surface area contributed by atoms with Crippen LogP contribution >= 0.6 is 11.6 Å². The van der Waals surface area contributed by atoms with Gasteiger partial charge in [-0.25, -0.2) is 4.79 Å². The smallest absolute Gasteiger partial charge is 0.354 e. The van der Waals surface area contributed by atoms with Crippen LogP contribution in [0.25, 0.3) is 28.3 Å². The number of halogens is 1. The molecule has 0 amide bonds. The zero-order valence-electron chi connectivity index (χ0n) is 14.1. The summed E-state index contributed by atoms with van der Waals surface area (Å²) in [4.78, 5) is 20.8. The van der Waals surface area contributed by atoms with Crippen LogP contribution in [-0.4, -0.2) is 21.8 Å². The Bertz CT molecular complexity index is 1120. The molecular weight excluding hydrogens is 352 g/mol. The second-order valence-electron chi connectivity index (χ2n) is 6.04. The second-order valence-corrected chi connectivity index (χ2v) is 6.48. The summed E-state index contributed by atoms with van der Waals surface area (Å²) >= 11 is 6.16. The van der Waals surface area contributed by atoms with Crippen LogP contribution in [0.15, 0.2) is 50.8 Å². The summed E-state index contributed by atoms with van der Waals surface area (Å²) in [5.41, 5.74) is 1.47. The highest BCUT2D eigenvalue weighted by molar-refractivity contribution is 6.31. The molecule has 0 unspecified atom stereocenters. The molecule has 0 saturated heterocycles. The average Bonchev–Trinajstić information content (AvgIpc) is 3.36. The highest BCUT2D eigenvalue weighted by Gasteiger charge is 2.25. The fraction of sp³-hybridized carbons (Fsp3) is 0.211. The minimum absolute atomic E-state index is 0.350. The number of aromatic nitrogens is 2. The van der Waals surface area contributed by atoms with E-state index in [2.05, 4.69) is 15.3 Å². The van der Waals surface area contributed by atoms with Crippen LogP contribution < -0.4 is 11.0 Å². The van der Waals surface area contributed by atoms with Crippen molar-refractivity contribution >= 4 is 51.9 Å². The van der Waals surface area contributed by atoms with Gasteiger partial charge in [-0.2, -0.15) is 4.98 Å². The van der Waals surface area contributed by atoms with Crippen molar-refractivity contribution in [2.45, 2.75) is 25.8 Å². The Morgan fingerprint density at radius 3 is 3.00 bits per heavy atom. The number of rotatable bonds is 5. The predicted octanol–water partition coefficient (Wildman–Crippen LogP) is 4.45. The number of allylic oxidation sites excluding steroid dienone is 2. The van der Waals surface area contributed by atoms with Gasteiger partial charge in [0.25, 0.3) is 0 Å². The summed E-state index contributed by atoms with van der Waals surface area (Å²) in [5, 5.41) is 4.63. The number of hydrogen-bond donors (Lipinski definition) is 1. The highest BCUT2D eigenvalue weighted by atomic mass is 35.5. The zero-order chi connectivity index (χ0) is 18.1. The molecule has 0 bridgehead atoms. The first kappa shape index (κ1) is 16.6. The van der Waals surface area contributed by atoms with Gasteiger partial charge in [-0.1, -0.05) is 11.6 Å². The molecular formula is C19H17ClN4O2. The standard InChI is InChI=1S/C19H17ClN4O2/c1-2-21-9-3-4-10-24-16-14-11-12(20)5-8-15(14)26-17(16)18(23-19(24)25)22-13-6-7-13/h2-5,8-11,13H,6-7H2,1H3,(H,22,23,25)/b9-3-,10-4+,21-2+. The summed E-state index contributed by atoms with van der Waals surface area (Å²) < 4.78 is 7.46. The second kappa shape index (κ2) is 6.80. The van der Waals surface area contributed by atoms with Gasteiger partial charge in [-0.05, 0) is 50.1 Å². The third-order valence-corrected chi connectivity index (χ3v) is 4.31. The van der Waals surface area contributed by atoms with Crippen molar-refractivity contribution in [1.29, 1.82) is 0 Å². The Balaban J connectivity index is 1.94. The minimum atomic E-state index is -0.382. The molecule has 26 heavy (non-hydrogen) atoms. The lowest BCUT2D eigenvalue weighted by atomic mass is 10.2. The lowest BCUT2D eigenvalue weighted by molar-refractivity contribution is 0.664. The third kappa shape index (κ3) is 3.15. The van der Waals surface area contributed by atoms with E-state index in [-0.39, 0.29) is 5.69 Å². The van der Waals surface area contributed by atoms with E-state index >= 15 is 0 Å². The van der Waals surface area contributed by atoms with Crippen LogP contribution in [-0.2, 0) is 0 Å². The first-order valence-electron chi connectivity index (χ1n) is 8.39. The molecule has 1 saturated carbocycles. The van der Waals surface area contributed by atoms with Crippen LogP contribution in [0.5, 0.6) is 0 Å². The van der Waals surface area contributed by atoms with Crippen molar-refractivity contribution in [3.63, 3.8) is 0 Å². The zero-order valence-corrected chi connectivity index (χ0v) is 14.9. The van der Waals surface area contributed by atoms with E-state index in [1.165, 1.54) is 4.57 Å². The predicted molar refractivity (Wildman–Crippen MR) is 106 cm³/mol. The maximum absolute atomic E-state index is 12.6. The average molecular weight is 369 g/mol. The number of nitrogens with one attached hydrogen (secondary N) is 1. The maximum atomic E-state index is 12.6. The lowest BCUT2D eigenvalue weighted by Crippen LogP contribution is -2.21. The SMILES string of the molecule is C/C=N/C=C\C=C\n1c(=O)nc(NC2CC2)c2oc3ccc(Cl)cc3c21. The Morgan fingerprint density at radius 1 is 1.38 bits per heavy atom. The summed E-state index contributed by atoms with van der Waals surface area (Å²) in [5.74, 6) is 0.482. The van der Waals surface area contributed by atoms with Gasteiger partial charge in [0.05, 0.1) is 0 Å². The van der Waals surface area contributed by atoms with Crippen molar-refractivity contribution in [2.75, 3.05) is 5.32 Å². The normalized spacial score (nSPS) is 15.3. The van der Waals surface area contributed by atoms with Gasteiger partial charge in [0.1, 0.15) is 11.1 Å². The third-order valence-electron chi connectivity index (χ3n) is 4.08. The van der Waals surface area contributed by atoms with Crippen LogP contribution in [0.3, 0.4) is 0 Å². The maximum Gasteiger partial charge on any atom is 0.354 e. The molecule has 1 fully saturated rings. The van der Waals surface area contributed by atoms with E-state index in [0.717, 1.165) is 18.2 Å². The van der Waals surface area contributed by atoms with Gasteiger partial charge < -0.3 is 9.73 Å². The number of nitrogens with zero attached hydrogens (tertiary/aromatic N) is 3. The van der Waals surface area contributed by atoms with Gasteiger partial charge in [0, 0.05) is 35.1 Å². The van der Waals surface area contributed by atoms with Crippen LogP contribution in [0, 0.1) is 0 Å². The summed E-state index contributed by atoms with van der Waals surface area (Å²) in [6.07, 6.45) is 10.6. The molecule has 0 aliphatic heterocycles. The topological polar surface area (TPSA) is 72.4 Å². The molecule has 6 nitrogen and oxygen atoms in total. The summed E-state index contributed by atoms with van der Waals surface area (Å²) in [7, 11) is 0. The van der Waals surface area contributed by atoms with E-state index in [1.54, 1.807) is 49.0 Å². The van der Waals surface area contributed by atoms with Gasteiger partial charge in [-0.15, -0.1) is 0 Å². The van der Waals surface area contributed by atoms with E-state index in [0.29, 0.717) is 33.6 Å². The Morgan fingerprint density at radius 2 is 2.23 bits per heavy atom. The quantitative estimate of drug-likeness (QED) is 0.533. The molecule has 7 heteroatoms. The van der Waals surface area contributed by atoms with Gasteiger partial charge >= 0.3 is 5.69 Å². The van der Waals surface area contributed by atoms with Crippen LogP contribution in [0.1, 0.15) is 19.8 Å². The number of furan rings is 1. The first-order chi connectivity index (χ1) is 12.7. The minimum Gasteiger partial charge on any atom is -0.450 e. The Hall–Kier alpha value is -2.86. The number of hydrogen-bond acceptors (Lipinski definition) is 5. The molecule has 4 rings (SSSR count). The van der Waals surface area contributed by atoms with Crippen molar-refractivity contribution in [3.05, 3.63) is 52.1 Å². The molecule has 0 radical (unpaired) electrons. The molecule has 1 aromatic carbocycles. The molecule has 0 spiro atoms. The fourth-order valence-corrected chi connectivity index (χ4v) is 2.90. The summed E-state index contributed by atoms with van der Waals surface area (Å²) in [6.45, 7) is 1.83. The van der Waals surface area contributed by atoms with E-state index in [1.807, 2.05) is 6.92 Å². The molecule has 2 aromatic heterocycles. The molecule has 1 N–H and O–H groups in total. The molecule has 1 aliphatic rings. The van der Waals surface area contributed by atoms with Crippen LogP contribution in [0.2, 0.25) is 5.02 Å². The molecule has 0 atom stereocenters. The lowest BCUT2D eigenvalue weighted by Gasteiger charge is -2.06. The van der Waals surface area contributed by atoms with Gasteiger partial charge in [0.2, 0.25) is 0 Å².